The van der Waals surface area contributed by atoms with Gasteiger partial charge in [0.2, 0.25) is 5.91 Å². The van der Waals surface area contributed by atoms with Gasteiger partial charge >= 0.3 is 0 Å². The van der Waals surface area contributed by atoms with Crippen LogP contribution in [-0.2, 0) is 11.2 Å². The van der Waals surface area contributed by atoms with Gasteiger partial charge in [-0.05, 0) is 54.4 Å². The molecule has 0 bridgehead atoms. The van der Waals surface area contributed by atoms with Gasteiger partial charge in [0.15, 0.2) is 11.9 Å². The largest absolute Gasteiger partial charge is 0.381 e. The lowest BCUT2D eigenvalue weighted by molar-refractivity contribution is -0.127. The minimum absolute atomic E-state index is 0.186. The Kier molecular flexibility index (Phi) is 6.74. The average molecular weight is 459 g/mol. The topological polar surface area (TPSA) is 123 Å². The second-order valence-corrected chi connectivity index (χ2v) is 7.64. The molecule has 4 N–H and O–H groups in total. The molecule has 2 aromatic heterocycles. The average Bonchev–Trinajstić information content (AvgIpc) is 3.34. The number of nitrogens with one attached hydrogen (secondary N) is 1. The van der Waals surface area contributed by atoms with E-state index in [9.17, 15) is 19.1 Å². The fourth-order valence-corrected chi connectivity index (χ4v) is 3.53. The van der Waals surface area contributed by atoms with Gasteiger partial charge in [-0.15, -0.1) is 0 Å². The van der Waals surface area contributed by atoms with Crippen LogP contribution in [0.2, 0.25) is 0 Å². The number of hydrogen-bond acceptors (Lipinski definition) is 5. The van der Waals surface area contributed by atoms with Gasteiger partial charge in [0.1, 0.15) is 5.82 Å². The summed E-state index contributed by atoms with van der Waals surface area (Å²) in [5.74, 6) is -1.60. The van der Waals surface area contributed by atoms with E-state index < -0.39 is 24.0 Å². The Morgan fingerprint density at radius 1 is 1.03 bits per heavy atom. The minimum Gasteiger partial charge on any atom is -0.381 e. The normalized spacial score (nSPS) is 12.6. The predicted molar refractivity (Wildman–Crippen MR) is 123 cm³/mol. The predicted octanol–water partition coefficient (Wildman–Crippen LogP) is 2.26. The van der Waals surface area contributed by atoms with Crippen molar-refractivity contribution >= 4 is 11.8 Å². The highest BCUT2D eigenvalue weighted by atomic mass is 19.1. The number of amides is 2. The summed E-state index contributed by atoms with van der Waals surface area (Å²) in [4.78, 5) is 29.1. The van der Waals surface area contributed by atoms with Crippen molar-refractivity contribution < 1.29 is 19.1 Å². The van der Waals surface area contributed by atoms with Crippen LogP contribution in [0.25, 0.3) is 17.1 Å². The van der Waals surface area contributed by atoms with Crippen molar-refractivity contribution in [2.45, 2.75) is 18.6 Å². The third-order valence-corrected chi connectivity index (χ3v) is 5.26. The number of aliphatic hydroxyl groups is 1. The first-order valence-corrected chi connectivity index (χ1v) is 10.5. The van der Waals surface area contributed by atoms with Gasteiger partial charge < -0.3 is 16.2 Å². The zero-order valence-electron chi connectivity index (χ0n) is 18.0. The molecule has 0 saturated heterocycles. The van der Waals surface area contributed by atoms with Crippen LogP contribution in [0.3, 0.4) is 0 Å². The summed E-state index contributed by atoms with van der Waals surface area (Å²) in [6.07, 6.45) is 1.77. The van der Waals surface area contributed by atoms with Crippen molar-refractivity contribution in [3.8, 4) is 17.1 Å². The Morgan fingerprint density at radius 2 is 1.76 bits per heavy atom. The number of hydrogen-bond donors (Lipinski definition) is 3. The third-order valence-electron chi connectivity index (χ3n) is 5.26. The number of nitrogens with zero attached hydrogens (tertiary/aromatic N) is 3. The molecule has 2 aromatic carbocycles. The van der Waals surface area contributed by atoms with E-state index in [-0.39, 0.29) is 23.6 Å². The zero-order valence-corrected chi connectivity index (χ0v) is 18.0. The van der Waals surface area contributed by atoms with E-state index in [0.717, 1.165) is 5.56 Å². The molecule has 0 fully saturated rings. The first-order chi connectivity index (χ1) is 16.4. The van der Waals surface area contributed by atoms with Crippen LogP contribution in [0, 0.1) is 5.82 Å². The molecule has 8 nitrogen and oxygen atoms in total. The molecule has 2 unspecified atom stereocenters. The SMILES string of the molecule is NC(=O)C(O)C(Cc1ccccc1)NC(=O)c1cccnc1-n1ccc(-c2ccc(F)cc2)n1. The highest BCUT2D eigenvalue weighted by Gasteiger charge is 2.27. The Bertz CT molecular complexity index is 1290. The smallest absolute Gasteiger partial charge is 0.255 e. The lowest BCUT2D eigenvalue weighted by atomic mass is 10.0. The van der Waals surface area contributed by atoms with Crippen LogP contribution < -0.4 is 11.1 Å². The highest BCUT2D eigenvalue weighted by molar-refractivity contribution is 5.97. The van der Waals surface area contributed by atoms with E-state index in [4.69, 9.17) is 5.73 Å². The van der Waals surface area contributed by atoms with Crippen LogP contribution in [0.15, 0.2) is 85.2 Å². The number of carbonyl (C=O) groups excluding carboxylic acids is 2. The van der Waals surface area contributed by atoms with Crippen LogP contribution >= 0.6 is 0 Å². The van der Waals surface area contributed by atoms with Crippen LogP contribution in [0.5, 0.6) is 0 Å². The maximum absolute atomic E-state index is 13.2. The third kappa shape index (κ3) is 5.16. The number of aliphatic hydroxyl groups excluding tert-OH is 1. The summed E-state index contributed by atoms with van der Waals surface area (Å²) in [6.45, 7) is 0. The fourth-order valence-electron chi connectivity index (χ4n) is 3.53. The number of halogens is 1. The molecule has 0 radical (unpaired) electrons. The Balaban J connectivity index is 1.60. The number of benzene rings is 2. The van der Waals surface area contributed by atoms with Gasteiger partial charge in [-0.1, -0.05) is 30.3 Å². The van der Waals surface area contributed by atoms with Gasteiger partial charge in [0.05, 0.1) is 17.3 Å². The van der Waals surface area contributed by atoms with Crippen LogP contribution in [0.4, 0.5) is 4.39 Å². The van der Waals surface area contributed by atoms with E-state index in [1.807, 2.05) is 30.3 Å². The van der Waals surface area contributed by atoms with E-state index in [1.54, 1.807) is 36.5 Å². The van der Waals surface area contributed by atoms with E-state index in [1.165, 1.54) is 23.0 Å². The summed E-state index contributed by atoms with van der Waals surface area (Å²) in [5, 5.41) is 17.5. The lowest BCUT2D eigenvalue weighted by Gasteiger charge is -2.22. The number of rotatable bonds is 8. The maximum atomic E-state index is 13.2. The zero-order chi connectivity index (χ0) is 24.1. The molecule has 2 amide bonds. The number of primary amides is 1. The summed E-state index contributed by atoms with van der Waals surface area (Å²) in [6, 6.07) is 18.9. The molecule has 0 saturated carbocycles. The Hall–Kier alpha value is -4.37. The van der Waals surface area contributed by atoms with E-state index >= 15 is 0 Å². The number of carbonyl (C=O) groups is 2. The molecule has 9 heteroatoms. The van der Waals surface area contributed by atoms with Crippen molar-refractivity contribution in [1.29, 1.82) is 0 Å². The fraction of sp³-hybridized carbons (Fsp3) is 0.120. The Labute approximate surface area is 194 Å². The number of aromatic nitrogens is 3. The van der Waals surface area contributed by atoms with Crippen molar-refractivity contribution in [3.63, 3.8) is 0 Å². The van der Waals surface area contributed by atoms with Crippen LogP contribution in [-0.4, -0.2) is 43.8 Å². The second-order valence-electron chi connectivity index (χ2n) is 7.64. The summed E-state index contributed by atoms with van der Waals surface area (Å²) < 4.78 is 14.7. The van der Waals surface area contributed by atoms with Gasteiger partial charge in [-0.3, -0.25) is 9.59 Å². The molecule has 2 heterocycles. The minimum atomic E-state index is -1.58. The molecular weight excluding hydrogens is 437 g/mol. The molecule has 4 aromatic rings. The summed E-state index contributed by atoms with van der Waals surface area (Å²) in [7, 11) is 0. The van der Waals surface area contributed by atoms with Crippen molar-refractivity contribution in [1.82, 2.24) is 20.1 Å². The standard InChI is InChI=1S/C25H22FN5O3/c26-18-10-8-17(9-11-18)20-12-14-31(30-20)24-19(7-4-13-28-24)25(34)29-21(22(32)23(27)33)15-16-5-2-1-3-6-16/h1-14,21-22,32H,15H2,(H2,27,33)(H,29,34). The quantitative estimate of drug-likeness (QED) is 0.373. The molecule has 0 aliphatic rings. The highest BCUT2D eigenvalue weighted by Crippen LogP contribution is 2.20. The van der Waals surface area contributed by atoms with Crippen molar-refractivity contribution in [3.05, 3.63) is 102 Å². The molecule has 34 heavy (non-hydrogen) atoms. The number of nitrogens with two attached hydrogens (primary N) is 1. The molecule has 0 aliphatic heterocycles. The first kappa shape index (κ1) is 22.8. The summed E-state index contributed by atoms with van der Waals surface area (Å²) in [5.41, 5.74) is 7.58. The second kappa shape index (κ2) is 10.1. The van der Waals surface area contributed by atoms with E-state index in [0.29, 0.717) is 11.3 Å². The van der Waals surface area contributed by atoms with Crippen LogP contribution in [0.1, 0.15) is 15.9 Å². The van der Waals surface area contributed by atoms with Gasteiger partial charge in [-0.2, -0.15) is 5.10 Å². The monoisotopic (exact) mass is 459 g/mol. The van der Waals surface area contributed by atoms with Gasteiger partial charge in [-0.25, -0.2) is 14.1 Å². The van der Waals surface area contributed by atoms with Crippen molar-refractivity contribution in [2.75, 3.05) is 0 Å². The molecular formula is C25H22FN5O3. The lowest BCUT2D eigenvalue weighted by Crippen LogP contribution is -2.50. The molecule has 2 atom stereocenters. The number of pyridine rings is 1. The Morgan fingerprint density at radius 3 is 2.47 bits per heavy atom. The molecule has 4 rings (SSSR count). The van der Waals surface area contributed by atoms with Crippen molar-refractivity contribution in [2.24, 2.45) is 5.73 Å². The molecule has 0 spiro atoms. The summed E-state index contributed by atoms with van der Waals surface area (Å²) >= 11 is 0. The van der Waals surface area contributed by atoms with Gasteiger partial charge in [0, 0.05) is 18.0 Å². The van der Waals surface area contributed by atoms with Gasteiger partial charge in [0.25, 0.3) is 5.91 Å². The molecule has 172 valence electrons. The maximum Gasteiger partial charge on any atom is 0.255 e. The van der Waals surface area contributed by atoms with E-state index in [2.05, 4.69) is 15.4 Å². The first-order valence-electron chi connectivity index (χ1n) is 10.5. The molecule has 0 aliphatic carbocycles.